The molecule has 2 aromatic heterocycles. The summed E-state index contributed by atoms with van der Waals surface area (Å²) in [6.45, 7) is 1.17. The van der Waals surface area contributed by atoms with Gasteiger partial charge in [-0.2, -0.15) is 0 Å². The molecule has 1 amide bonds. The summed E-state index contributed by atoms with van der Waals surface area (Å²) in [5.74, 6) is 0.597. The van der Waals surface area contributed by atoms with Crippen molar-refractivity contribution in [1.82, 2.24) is 19.9 Å². The van der Waals surface area contributed by atoms with Crippen LogP contribution < -0.4 is 10.9 Å². The first-order chi connectivity index (χ1) is 13.7. The van der Waals surface area contributed by atoms with Crippen molar-refractivity contribution >= 4 is 16.7 Å². The Kier molecular flexibility index (Phi) is 5.01. The maximum atomic E-state index is 12.4. The largest absolute Gasteiger partial charge is 0.350 e. The molecule has 6 heteroatoms. The van der Waals surface area contributed by atoms with Gasteiger partial charge in [-0.15, -0.1) is 0 Å². The number of fused-ring (bicyclic) bond motifs is 1. The molecule has 2 heterocycles. The number of amides is 1. The number of H-pyrrole nitrogens is 1. The molecule has 28 heavy (non-hydrogen) atoms. The molecular weight excluding hydrogens is 352 g/mol. The topological polar surface area (TPSA) is 79.8 Å². The summed E-state index contributed by atoms with van der Waals surface area (Å²) in [6.07, 6.45) is 4.30. The monoisotopic (exact) mass is 372 g/mol. The molecule has 0 radical (unpaired) electrons. The van der Waals surface area contributed by atoms with Crippen molar-refractivity contribution in [2.45, 2.75) is 13.0 Å². The molecule has 6 nitrogen and oxygen atoms in total. The van der Waals surface area contributed by atoms with E-state index in [1.165, 1.54) is 5.56 Å². The van der Waals surface area contributed by atoms with Crippen LogP contribution in [0.25, 0.3) is 10.8 Å². The van der Waals surface area contributed by atoms with Gasteiger partial charge in [-0.05, 0) is 23.1 Å². The van der Waals surface area contributed by atoms with Crippen LogP contribution in [-0.2, 0) is 13.0 Å². The molecule has 0 bridgehead atoms. The Balaban J connectivity index is 1.40. The van der Waals surface area contributed by atoms with Crippen molar-refractivity contribution in [3.63, 3.8) is 0 Å². The van der Waals surface area contributed by atoms with E-state index in [2.05, 4.69) is 32.0 Å². The molecule has 140 valence electrons. The van der Waals surface area contributed by atoms with Gasteiger partial charge in [0.15, 0.2) is 0 Å². The van der Waals surface area contributed by atoms with Crippen LogP contribution in [0.15, 0.2) is 77.9 Å². The van der Waals surface area contributed by atoms with Crippen LogP contribution in [0, 0.1) is 0 Å². The minimum absolute atomic E-state index is 0.260. The summed E-state index contributed by atoms with van der Waals surface area (Å²) in [5.41, 5.74) is 1.19. The number of rotatable bonds is 6. The molecule has 2 aromatic carbocycles. The summed E-state index contributed by atoms with van der Waals surface area (Å²) >= 11 is 0. The van der Waals surface area contributed by atoms with E-state index in [0.717, 1.165) is 17.8 Å². The van der Waals surface area contributed by atoms with Crippen LogP contribution in [0.5, 0.6) is 0 Å². The summed E-state index contributed by atoms with van der Waals surface area (Å²) in [4.78, 5) is 31.6. The summed E-state index contributed by atoms with van der Waals surface area (Å²) < 4.78 is 2.07. The SMILES string of the molecule is O=C(NCCc1nccn1Cc1ccccc1)c1cc2ccccc2c(=O)[nH]1. The smallest absolute Gasteiger partial charge is 0.267 e. The van der Waals surface area contributed by atoms with E-state index >= 15 is 0 Å². The number of nitrogens with one attached hydrogen (secondary N) is 2. The van der Waals surface area contributed by atoms with Crippen LogP contribution in [0.4, 0.5) is 0 Å². The molecule has 0 spiro atoms. The lowest BCUT2D eigenvalue weighted by Gasteiger charge is -2.09. The lowest BCUT2D eigenvalue weighted by atomic mass is 10.1. The number of hydrogen-bond acceptors (Lipinski definition) is 3. The van der Waals surface area contributed by atoms with Gasteiger partial charge in [0.2, 0.25) is 0 Å². The minimum atomic E-state index is -0.302. The fourth-order valence-electron chi connectivity index (χ4n) is 3.21. The highest BCUT2D eigenvalue weighted by atomic mass is 16.2. The average molecular weight is 372 g/mol. The van der Waals surface area contributed by atoms with Gasteiger partial charge in [-0.3, -0.25) is 9.59 Å². The molecule has 0 atom stereocenters. The predicted octanol–water partition coefficient (Wildman–Crippen LogP) is 2.75. The van der Waals surface area contributed by atoms with Gasteiger partial charge in [-0.25, -0.2) is 4.98 Å². The fourth-order valence-corrected chi connectivity index (χ4v) is 3.21. The highest BCUT2D eigenvalue weighted by molar-refractivity contribution is 5.96. The Morgan fingerprint density at radius 2 is 1.86 bits per heavy atom. The highest BCUT2D eigenvalue weighted by Crippen LogP contribution is 2.10. The summed E-state index contributed by atoms with van der Waals surface area (Å²) in [6, 6.07) is 19.1. The van der Waals surface area contributed by atoms with Crippen molar-refractivity contribution in [3.05, 3.63) is 100 Å². The average Bonchev–Trinajstić information content (AvgIpc) is 3.15. The maximum Gasteiger partial charge on any atom is 0.267 e. The second-order valence-corrected chi connectivity index (χ2v) is 6.56. The van der Waals surface area contributed by atoms with E-state index in [0.29, 0.717) is 18.4 Å². The van der Waals surface area contributed by atoms with E-state index in [1.54, 1.807) is 24.4 Å². The third-order valence-corrected chi connectivity index (χ3v) is 4.63. The summed E-state index contributed by atoms with van der Waals surface area (Å²) in [5, 5.41) is 4.17. The Hall–Kier alpha value is -3.67. The number of aromatic amines is 1. The van der Waals surface area contributed by atoms with Gasteiger partial charge in [0.05, 0.1) is 0 Å². The van der Waals surface area contributed by atoms with Crippen molar-refractivity contribution < 1.29 is 4.79 Å². The third-order valence-electron chi connectivity index (χ3n) is 4.63. The van der Waals surface area contributed by atoms with Gasteiger partial charge in [0.1, 0.15) is 11.5 Å². The molecule has 0 fully saturated rings. The van der Waals surface area contributed by atoms with Crippen molar-refractivity contribution in [2.75, 3.05) is 6.54 Å². The zero-order valence-corrected chi connectivity index (χ0v) is 15.3. The lowest BCUT2D eigenvalue weighted by molar-refractivity contribution is 0.0949. The van der Waals surface area contributed by atoms with Crippen molar-refractivity contribution in [3.8, 4) is 0 Å². The normalized spacial score (nSPS) is 10.9. The Morgan fingerprint density at radius 1 is 1.07 bits per heavy atom. The molecular formula is C22H20N4O2. The van der Waals surface area contributed by atoms with Crippen LogP contribution >= 0.6 is 0 Å². The molecule has 0 aliphatic carbocycles. The molecule has 4 aromatic rings. The van der Waals surface area contributed by atoms with Crippen LogP contribution in [-0.4, -0.2) is 27.0 Å². The molecule has 0 saturated heterocycles. The zero-order chi connectivity index (χ0) is 19.3. The van der Waals surface area contributed by atoms with E-state index in [4.69, 9.17) is 0 Å². The first-order valence-electron chi connectivity index (χ1n) is 9.15. The van der Waals surface area contributed by atoms with E-state index in [1.807, 2.05) is 36.5 Å². The van der Waals surface area contributed by atoms with E-state index < -0.39 is 0 Å². The lowest BCUT2D eigenvalue weighted by Crippen LogP contribution is -2.29. The number of aromatic nitrogens is 3. The standard InChI is InChI=1S/C22H20N4O2/c27-21-18-9-5-4-8-17(18)14-19(25-21)22(28)24-11-10-20-23-12-13-26(20)15-16-6-2-1-3-7-16/h1-9,12-14H,10-11,15H2,(H,24,28)(H,25,27). The Labute approximate surface area is 161 Å². The van der Waals surface area contributed by atoms with Crippen LogP contribution in [0.1, 0.15) is 21.9 Å². The van der Waals surface area contributed by atoms with Gasteiger partial charge >= 0.3 is 0 Å². The van der Waals surface area contributed by atoms with Gasteiger partial charge in [0.25, 0.3) is 11.5 Å². The number of hydrogen-bond donors (Lipinski definition) is 2. The second kappa shape index (κ2) is 7.92. The van der Waals surface area contributed by atoms with Gasteiger partial charge in [-0.1, -0.05) is 48.5 Å². The first-order valence-corrected chi connectivity index (χ1v) is 9.15. The number of imidazole rings is 1. The van der Waals surface area contributed by atoms with Gasteiger partial charge < -0.3 is 14.9 Å². The minimum Gasteiger partial charge on any atom is -0.350 e. The molecule has 4 rings (SSSR count). The molecule has 0 saturated carbocycles. The number of benzene rings is 2. The fraction of sp³-hybridized carbons (Fsp3) is 0.136. The Morgan fingerprint density at radius 3 is 2.71 bits per heavy atom. The quantitative estimate of drug-likeness (QED) is 0.546. The highest BCUT2D eigenvalue weighted by Gasteiger charge is 2.10. The third kappa shape index (κ3) is 3.86. The maximum absolute atomic E-state index is 12.4. The van der Waals surface area contributed by atoms with Crippen LogP contribution in [0.2, 0.25) is 0 Å². The van der Waals surface area contributed by atoms with E-state index in [-0.39, 0.29) is 17.2 Å². The molecule has 0 aliphatic heterocycles. The number of nitrogens with zero attached hydrogens (tertiary/aromatic N) is 2. The van der Waals surface area contributed by atoms with Crippen molar-refractivity contribution in [1.29, 1.82) is 0 Å². The molecule has 2 N–H and O–H groups in total. The molecule has 0 unspecified atom stereocenters. The number of pyridine rings is 1. The number of carbonyl (C=O) groups is 1. The van der Waals surface area contributed by atoms with Gasteiger partial charge in [0, 0.05) is 37.3 Å². The second-order valence-electron chi connectivity index (χ2n) is 6.56. The Bertz CT molecular complexity index is 1160. The number of carbonyl (C=O) groups excluding carboxylic acids is 1. The van der Waals surface area contributed by atoms with Crippen molar-refractivity contribution in [2.24, 2.45) is 0 Å². The molecule has 0 aliphatic rings. The van der Waals surface area contributed by atoms with Crippen LogP contribution in [0.3, 0.4) is 0 Å². The predicted molar refractivity (Wildman–Crippen MR) is 108 cm³/mol. The first kappa shape index (κ1) is 17.7. The van der Waals surface area contributed by atoms with E-state index in [9.17, 15) is 9.59 Å². The summed E-state index contributed by atoms with van der Waals surface area (Å²) in [7, 11) is 0. The zero-order valence-electron chi connectivity index (χ0n) is 15.3.